The number of fused-ring (bicyclic) bond motifs is 4. The number of nitrogens with zero attached hydrogens (tertiary/aromatic N) is 3. The lowest BCUT2D eigenvalue weighted by molar-refractivity contribution is 1.44. The Bertz CT molecular complexity index is 2100. The zero-order valence-electron chi connectivity index (χ0n) is 20.0. The minimum Gasteiger partial charge on any atom is -0.236 e. The first-order chi connectivity index (χ1) is 18.7. The molecule has 176 valence electrons. The Morgan fingerprint density at radius 3 is 2.16 bits per heavy atom. The topological polar surface area (TPSA) is 60.5 Å². The van der Waals surface area contributed by atoms with E-state index in [-0.39, 0.29) is 0 Å². The summed E-state index contributed by atoms with van der Waals surface area (Å²) in [4.78, 5) is 4.77. The molecule has 7 rings (SSSR count). The largest absolute Gasteiger partial charge is 0.236 e. The Balaban J connectivity index is 1.29. The maximum atomic E-state index is 9.74. The van der Waals surface area contributed by atoms with Gasteiger partial charge in [0.1, 0.15) is 5.01 Å². The Morgan fingerprint density at radius 1 is 0.553 bits per heavy atom. The van der Waals surface area contributed by atoms with E-state index >= 15 is 0 Å². The minimum absolute atomic E-state index is 0.591. The molecule has 0 N–H and O–H groups in total. The van der Waals surface area contributed by atoms with Crippen molar-refractivity contribution in [2.24, 2.45) is 0 Å². The second kappa shape index (κ2) is 8.94. The van der Waals surface area contributed by atoms with Gasteiger partial charge < -0.3 is 0 Å². The van der Waals surface area contributed by atoms with Crippen LogP contribution in [-0.4, -0.2) is 4.98 Å². The lowest BCUT2D eigenvalue weighted by Gasteiger charge is -2.08. The maximum Gasteiger partial charge on any atom is 0.124 e. The van der Waals surface area contributed by atoms with Gasteiger partial charge in [0.2, 0.25) is 0 Å². The summed E-state index contributed by atoms with van der Waals surface area (Å²) in [5, 5.41) is 22.4. The first kappa shape index (κ1) is 22.4. The Labute approximate surface area is 227 Å². The molecular weight excluding hydrogens is 503 g/mol. The van der Waals surface area contributed by atoms with Crippen molar-refractivity contribution in [2.45, 2.75) is 0 Å². The number of thiazole rings is 1. The third kappa shape index (κ3) is 3.74. The number of nitriles is 2. The van der Waals surface area contributed by atoms with Gasteiger partial charge in [0.25, 0.3) is 0 Å². The molecule has 2 heterocycles. The van der Waals surface area contributed by atoms with Crippen LogP contribution in [0.5, 0.6) is 0 Å². The minimum atomic E-state index is 0.591. The van der Waals surface area contributed by atoms with Gasteiger partial charge in [-0.2, -0.15) is 10.5 Å². The molecule has 7 aromatic rings. The standard InChI is InChI=1S/C33H17N3S2/c34-18-20-8-13-29-31(16-20)38-33(36-29)25-15-21(19-35)14-24(17-25)22-9-11-23(12-10-22)26-5-3-6-28-27-4-1-2-7-30(27)37-32(26)28/h1-17H. The van der Waals surface area contributed by atoms with Crippen molar-refractivity contribution >= 4 is 53.1 Å². The van der Waals surface area contributed by atoms with Gasteiger partial charge in [-0.05, 0) is 64.7 Å². The zero-order valence-corrected chi connectivity index (χ0v) is 21.6. The van der Waals surface area contributed by atoms with Crippen molar-refractivity contribution in [3.63, 3.8) is 0 Å². The van der Waals surface area contributed by atoms with Gasteiger partial charge in [0, 0.05) is 25.7 Å². The maximum absolute atomic E-state index is 9.74. The number of hydrogen-bond donors (Lipinski definition) is 0. The molecule has 2 aromatic heterocycles. The van der Waals surface area contributed by atoms with E-state index in [0.29, 0.717) is 11.1 Å². The van der Waals surface area contributed by atoms with E-state index in [1.807, 2.05) is 35.6 Å². The van der Waals surface area contributed by atoms with E-state index in [0.717, 1.165) is 31.9 Å². The van der Waals surface area contributed by atoms with Gasteiger partial charge in [-0.25, -0.2) is 4.98 Å². The van der Waals surface area contributed by atoms with E-state index in [9.17, 15) is 10.5 Å². The highest BCUT2D eigenvalue weighted by Crippen LogP contribution is 2.40. The quantitative estimate of drug-likeness (QED) is 0.234. The molecule has 5 aromatic carbocycles. The van der Waals surface area contributed by atoms with Crippen LogP contribution < -0.4 is 0 Å². The molecule has 0 aliphatic carbocycles. The fourth-order valence-corrected chi connectivity index (χ4v) is 7.15. The van der Waals surface area contributed by atoms with Gasteiger partial charge in [-0.15, -0.1) is 22.7 Å². The molecule has 0 unspecified atom stereocenters. The number of thiophene rings is 1. The van der Waals surface area contributed by atoms with Crippen LogP contribution in [-0.2, 0) is 0 Å². The van der Waals surface area contributed by atoms with Crippen LogP contribution in [0.4, 0.5) is 0 Å². The van der Waals surface area contributed by atoms with Gasteiger partial charge in [-0.1, -0.05) is 60.7 Å². The Kier molecular flexibility index (Phi) is 5.27. The first-order valence-corrected chi connectivity index (χ1v) is 13.7. The van der Waals surface area contributed by atoms with E-state index in [1.165, 1.54) is 42.6 Å². The average Bonchev–Trinajstić information content (AvgIpc) is 3.58. The highest BCUT2D eigenvalue weighted by atomic mass is 32.1. The van der Waals surface area contributed by atoms with Crippen molar-refractivity contribution < 1.29 is 0 Å². The summed E-state index contributed by atoms with van der Waals surface area (Å²) >= 11 is 3.37. The van der Waals surface area contributed by atoms with E-state index in [4.69, 9.17) is 4.98 Å². The molecule has 0 radical (unpaired) electrons. The number of aromatic nitrogens is 1. The zero-order chi connectivity index (χ0) is 25.6. The van der Waals surface area contributed by atoms with Gasteiger partial charge in [0.15, 0.2) is 0 Å². The van der Waals surface area contributed by atoms with Crippen molar-refractivity contribution in [1.29, 1.82) is 10.5 Å². The second-order valence-corrected chi connectivity index (χ2v) is 11.2. The molecule has 3 nitrogen and oxygen atoms in total. The van der Waals surface area contributed by atoms with Crippen molar-refractivity contribution in [3.8, 4) is 45.0 Å². The summed E-state index contributed by atoms with van der Waals surface area (Å²) in [7, 11) is 0. The second-order valence-electron chi connectivity index (χ2n) is 9.08. The SMILES string of the molecule is N#Cc1cc(-c2ccc(-c3cccc4c3sc3ccccc34)cc2)cc(-c2nc3ccc(C#N)cc3s2)c1. The summed E-state index contributed by atoms with van der Waals surface area (Å²) in [5.41, 5.74) is 7.38. The van der Waals surface area contributed by atoms with Crippen LogP contribution in [0.2, 0.25) is 0 Å². The van der Waals surface area contributed by atoms with Crippen LogP contribution in [0.3, 0.4) is 0 Å². The van der Waals surface area contributed by atoms with Crippen LogP contribution in [0.15, 0.2) is 103 Å². The Hall–Kier alpha value is -4.81. The molecule has 0 atom stereocenters. The number of benzene rings is 5. The monoisotopic (exact) mass is 519 g/mol. The molecule has 0 aliphatic rings. The summed E-state index contributed by atoms with van der Waals surface area (Å²) in [5.74, 6) is 0. The normalized spacial score (nSPS) is 11.1. The molecule has 5 heteroatoms. The fraction of sp³-hybridized carbons (Fsp3) is 0. The lowest BCUT2D eigenvalue weighted by Crippen LogP contribution is -1.86. The predicted octanol–water partition coefficient (Wildman–Crippen LogP) is 9.41. The van der Waals surface area contributed by atoms with Crippen molar-refractivity contribution in [1.82, 2.24) is 4.98 Å². The molecule has 0 saturated carbocycles. The highest BCUT2D eigenvalue weighted by molar-refractivity contribution is 7.26. The Morgan fingerprint density at radius 2 is 1.32 bits per heavy atom. The van der Waals surface area contributed by atoms with Crippen molar-refractivity contribution in [2.75, 3.05) is 0 Å². The summed E-state index contributed by atoms with van der Waals surface area (Å²) in [6.07, 6.45) is 0. The molecule has 38 heavy (non-hydrogen) atoms. The van der Waals surface area contributed by atoms with Crippen LogP contribution in [0.25, 0.3) is 63.2 Å². The smallest absolute Gasteiger partial charge is 0.124 e. The van der Waals surface area contributed by atoms with Crippen molar-refractivity contribution in [3.05, 3.63) is 114 Å². The van der Waals surface area contributed by atoms with E-state index in [1.54, 1.807) is 6.07 Å². The number of rotatable bonds is 3. The lowest BCUT2D eigenvalue weighted by atomic mass is 9.97. The van der Waals surface area contributed by atoms with Crippen LogP contribution in [0.1, 0.15) is 11.1 Å². The van der Waals surface area contributed by atoms with E-state index < -0.39 is 0 Å². The summed E-state index contributed by atoms with van der Waals surface area (Å²) < 4.78 is 3.56. The van der Waals surface area contributed by atoms with Crippen LogP contribution in [0, 0.1) is 22.7 Å². The third-order valence-electron chi connectivity index (χ3n) is 6.76. The summed E-state index contributed by atoms with van der Waals surface area (Å²) in [6, 6.07) is 39.5. The summed E-state index contributed by atoms with van der Waals surface area (Å²) in [6.45, 7) is 0. The van der Waals surface area contributed by atoms with Gasteiger partial charge in [0.05, 0.1) is 33.5 Å². The molecule has 0 amide bonds. The molecule has 0 aliphatic heterocycles. The average molecular weight is 520 g/mol. The van der Waals surface area contributed by atoms with Gasteiger partial charge in [-0.3, -0.25) is 0 Å². The molecule has 0 fully saturated rings. The fourth-order valence-electron chi connectivity index (χ4n) is 4.92. The highest BCUT2D eigenvalue weighted by Gasteiger charge is 2.13. The predicted molar refractivity (Wildman–Crippen MR) is 158 cm³/mol. The molecular formula is C33H17N3S2. The third-order valence-corrected chi connectivity index (χ3v) is 9.05. The molecule has 0 saturated heterocycles. The van der Waals surface area contributed by atoms with Crippen LogP contribution >= 0.6 is 22.7 Å². The molecule has 0 bridgehead atoms. The molecule has 0 spiro atoms. The van der Waals surface area contributed by atoms with Gasteiger partial charge >= 0.3 is 0 Å². The first-order valence-electron chi connectivity index (χ1n) is 12.1. The number of hydrogen-bond acceptors (Lipinski definition) is 5. The van der Waals surface area contributed by atoms with E-state index in [2.05, 4.69) is 84.9 Å².